The Hall–Kier alpha value is -2.05. The molecule has 6 heteroatoms. The zero-order valence-corrected chi connectivity index (χ0v) is 13.6. The number of carbonyl (C=O) groups excluding carboxylic acids is 1. The number of hydrogen-bond acceptors (Lipinski definition) is 2. The van der Waals surface area contributed by atoms with Crippen molar-refractivity contribution < 1.29 is 4.79 Å². The Morgan fingerprint density at radius 1 is 1.24 bits per heavy atom. The van der Waals surface area contributed by atoms with Crippen LogP contribution >= 0.6 is 20.4 Å². The fourth-order valence-electron chi connectivity index (χ4n) is 2.25. The summed E-state index contributed by atoms with van der Waals surface area (Å²) in [5, 5.41) is 0. The molecule has 0 saturated heterocycles. The van der Waals surface area contributed by atoms with E-state index in [0.717, 1.165) is 14.7 Å². The van der Waals surface area contributed by atoms with Gasteiger partial charge < -0.3 is 0 Å². The van der Waals surface area contributed by atoms with Crippen LogP contribution in [0.25, 0.3) is 10.4 Å². The first-order valence-corrected chi connectivity index (χ1v) is 9.43. The van der Waals surface area contributed by atoms with Gasteiger partial charge in [0.1, 0.15) is 0 Å². The summed E-state index contributed by atoms with van der Waals surface area (Å²) in [5.74, 6) is -0.0184. The summed E-state index contributed by atoms with van der Waals surface area (Å²) in [6.45, 7) is 2.46. The van der Waals surface area contributed by atoms with Crippen molar-refractivity contribution in [3.63, 3.8) is 0 Å². The Labute approximate surface area is 130 Å². The number of carbonyl (C=O) groups is 1. The molecule has 0 saturated carbocycles. The maximum absolute atomic E-state index is 12.6. The summed E-state index contributed by atoms with van der Waals surface area (Å²) >= 11 is -2.35. The van der Waals surface area contributed by atoms with Crippen molar-refractivity contribution in [1.82, 2.24) is 3.11 Å². The summed E-state index contributed by atoms with van der Waals surface area (Å²) in [4.78, 5) is 15.6. The molecule has 0 unspecified atom stereocenters. The van der Waals surface area contributed by atoms with Gasteiger partial charge in [0, 0.05) is 0 Å². The first kappa shape index (κ1) is 13.9. The van der Waals surface area contributed by atoms with Gasteiger partial charge in [-0.15, -0.1) is 0 Å². The van der Waals surface area contributed by atoms with Gasteiger partial charge in [0.2, 0.25) is 0 Å². The second-order valence-electron chi connectivity index (χ2n) is 4.70. The number of benzene rings is 2. The van der Waals surface area contributed by atoms with E-state index >= 15 is 0 Å². The van der Waals surface area contributed by atoms with Crippen LogP contribution in [0.3, 0.4) is 0 Å². The molecule has 0 aromatic heterocycles. The number of nitrogens with zero attached hydrogens (tertiary/aromatic N) is 4. The van der Waals surface area contributed by atoms with Gasteiger partial charge in [-0.05, 0) is 0 Å². The van der Waals surface area contributed by atoms with Crippen molar-refractivity contribution in [2.45, 2.75) is 13.5 Å². The van der Waals surface area contributed by atoms with Crippen molar-refractivity contribution in [3.8, 4) is 0 Å². The van der Waals surface area contributed by atoms with E-state index in [2.05, 4.69) is 8.24 Å². The molecule has 0 bridgehead atoms. The first-order chi connectivity index (χ1) is 10.2. The molecule has 0 radical (unpaired) electrons. The Morgan fingerprint density at radius 3 is 2.71 bits per heavy atom. The Kier molecular flexibility index (Phi) is 3.81. The van der Waals surface area contributed by atoms with Crippen molar-refractivity contribution >= 4 is 26.3 Å². The first-order valence-electron chi connectivity index (χ1n) is 6.42. The number of rotatable bonds is 3. The summed E-state index contributed by atoms with van der Waals surface area (Å²) in [5.41, 5.74) is 11.6. The molecule has 1 heterocycles. The standard InChI is InChI=1S/C15H13IN4O/c1-11-7-8-14-13(9-11)15(21)20(16(14)18-19-17)10-12-5-3-2-4-6-12/h2-9H,10H2,1H3. The van der Waals surface area contributed by atoms with Crippen LogP contribution < -0.4 is 0 Å². The molecule has 3 rings (SSSR count). The number of fused-ring (bicyclic) bond motifs is 1. The molecule has 2 aromatic carbocycles. The average Bonchev–Trinajstić information content (AvgIpc) is 2.74. The number of amides is 1. The normalized spacial score (nSPS) is 14.8. The third kappa shape index (κ3) is 2.59. The van der Waals surface area contributed by atoms with E-state index in [9.17, 15) is 4.79 Å². The van der Waals surface area contributed by atoms with E-state index in [1.165, 1.54) is 0 Å². The van der Waals surface area contributed by atoms with Crippen LogP contribution in [0.1, 0.15) is 21.5 Å². The molecule has 2 aromatic rings. The molecule has 0 aliphatic carbocycles. The monoisotopic (exact) mass is 392 g/mol. The van der Waals surface area contributed by atoms with Crippen LogP contribution in [0.2, 0.25) is 0 Å². The molecule has 0 N–H and O–H groups in total. The third-order valence-electron chi connectivity index (χ3n) is 3.22. The zero-order chi connectivity index (χ0) is 14.8. The Bertz CT molecular complexity index is 741. The molecule has 106 valence electrons. The van der Waals surface area contributed by atoms with E-state index in [1.807, 2.05) is 55.5 Å². The minimum absolute atomic E-state index is 0.0184. The molecular weight excluding hydrogens is 379 g/mol. The second kappa shape index (κ2) is 5.75. The number of aryl methyl sites for hydroxylation is 1. The van der Waals surface area contributed by atoms with Gasteiger partial charge in [0.25, 0.3) is 0 Å². The number of halogens is 1. The van der Waals surface area contributed by atoms with E-state index in [4.69, 9.17) is 5.53 Å². The van der Waals surface area contributed by atoms with Crippen molar-refractivity contribution in [2.24, 2.45) is 3.33 Å². The zero-order valence-electron chi connectivity index (χ0n) is 11.4. The van der Waals surface area contributed by atoms with Crippen LogP contribution in [-0.4, -0.2) is 9.02 Å². The van der Waals surface area contributed by atoms with E-state index in [0.29, 0.717) is 12.1 Å². The molecule has 5 nitrogen and oxygen atoms in total. The van der Waals surface area contributed by atoms with Gasteiger partial charge in [-0.1, -0.05) is 0 Å². The molecule has 0 atom stereocenters. The van der Waals surface area contributed by atoms with Gasteiger partial charge in [0.05, 0.1) is 0 Å². The quantitative estimate of drug-likeness (QED) is 0.250. The van der Waals surface area contributed by atoms with Crippen molar-refractivity contribution in [3.05, 3.63) is 79.2 Å². The fraction of sp³-hybridized carbons (Fsp3) is 0.133. The predicted octanol–water partition coefficient (Wildman–Crippen LogP) is 4.47. The summed E-state index contributed by atoms with van der Waals surface area (Å²) < 4.78 is 6.67. The molecule has 1 aliphatic rings. The van der Waals surface area contributed by atoms with Gasteiger partial charge in [0.15, 0.2) is 0 Å². The molecule has 21 heavy (non-hydrogen) atoms. The summed E-state index contributed by atoms with van der Waals surface area (Å²) in [6.07, 6.45) is 0. The minimum atomic E-state index is -2.35. The SMILES string of the molecule is Cc1ccc2c(c1)C(=O)N(Cc1ccccc1)I2N=[N+]=[N-]. The van der Waals surface area contributed by atoms with Crippen molar-refractivity contribution in [1.29, 1.82) is 0 Å². The molecule has 1 aliphatic heterocycles. The van der Waals surface area contributed by atoms with Crippen LogP contribution in [0.15, 0.2) is 51.9 Å². The number of hydrogen-bond donors (Lipinski definition) is 0. The fourth-order valence-corrected chi connectivity index (χ4v) is 6.32. The van der Waals surface area contributed by atoms with Gasteiger partial charge in [-0.2, -0.15) is 0 Å². The van der Waals surface area contributed by atoms with Gasteiger partial charge in [-0.3, -0.25) is 0 Å². The third-order valence-corrected chi connectivity index (χ3v) is 7.68. The Balaban J connectivity index is 2.01. The summed E-state index contributed by atoms with van der Waals surface area (Å²) in [6, 6.07) is 15.6. The topological polar surface area (TPSA) is 69.1 Å². The van der Waals surface area contributed by atoms with Crippen LogP contribution in [0, 0.1) is 10.5 Å². The molecule has 1 amide bonds. The predicted molar refractivity (Wildman–Crippen MR) is 89.4 cm³/mol. The van der Waals surface area contributed by atoms with E-state index in [1.54, 1.807) is 3.11 Å². The average molecular weight is 392 g/mol. The molecule has 0 spiro atoms. The van der Waals surface area contributed by atoms with Crippen LogP contribution in [0.5, 0.6) is 0 Å². The molecule has 0 fully saturated rings. The molecular formula is C15H13IN4O. The van der Waals surface area contributed by atoms with E-state index in [-0.39, 0.29) is 5.91 Å². The van der Waals surface area contributed by atoms with E-state index < -0.39 is 20.4 Å². The van der Waals surface area contributed by atoms with Crippen LogP contribution in [-0.2, 0) is 6.54 Å². The summed E-state index contributed by atoms with van der Waals surface area (Å²) in [7, 11) is 0. The number of azide groups is 1. The van der Waals surface area contributed by atoms with Gasteiger partial charge >= 0.3 is 130 Å². The second-order valence-corrected chi connectivity index (χ2v) is 8.86. The van der Waals surface area contributed by atoms with Crippen molar-refractivity contribution in [2.75, 3.05) is 0 Å². The van der Waals surface area contributed by atoms with Gasteiger partial charge in [-0.25, -0.2) is 0 Å². The maximum atomic E-state index is 12.6. The van der Waals surface area contributed by atoms with Crippen LogP contribution in [0.4, 0.5) is 0 Å². The Morgan fingerprint density at radius 2 is 2.00 bits per heavy atom.